The molecule has 4 nitrogen and oxygen atoms in total. The van der Waals surface area contributed by atoms with Crippen LogP contribution in [0.2, 0.25) is 0 Å². The summed E-state index contributed by atoms with van der Waals surface area (Å²) in [5.41, 5.74) is 2.43. The molecule has 2 aromatic rings. The largest absolute Gasteiger partial charge is 0.388 e. The Morgan fingerprint density at radius 1 is 1.30 bits per heavy atom. The second-order valence-electron chi connectivity index (χ2n) is 6.15. The van der Waals surface area contributed by atoms with Gasteiger partial charge in [0.25, 0.3) is 5.91 Å². The van der Waals surface area contributed by atoms with Gasteiger partial charge in [0.15, 0.2) is 0 Å². The summed E-state index contributed by atoms with van der Waals surface area (Å²) in [7, 11) is 0. The molecular formula is C19H22N2O2. The van der Waals surface area contributed by atoms with Gasteiger partial charge in [-0.3, -0.25) is 9.78 Å². The van der Waals surface area contributed by atoms with Gasteiger partial charge < -0.3 is 10.0 Å². The van der Waals surface area contributed by atoms with E-state index in [1.54, 1.807) is 6.20 Å². The van der Waals surface area contributed by atoms with E-state index in [0.29, 0.717) is 12.0 Å². The minimum absolute atomic E-state index is 0.0141. The Kier molecular flexibility index (Phi) is 4.72. The number of amides is 1. The van der Waals surface area contributed by atoms with E-state index in [0.717, 1.165) is 30.6 Å². The summed E-state index contributed by atoms with van der Waals surface area (Å²) in [6.07, 6.45) is 3.60. The highest BCUT2D eigenvalue weighted by Crippen LogP contribution is 2.28. The van der Waals surface area contributed by atoms with Crippen molar-refractivity contribution >= 4 is 5.91 Å². The van der Waals surface area contributed by atoms with Crippen LogP contribution in [0.1, 0.15) is 47.0 Å². The summed E-state index contributed by atoms with van der Waals surface area (Å²) in [6, 6.07) is 13.4. The number of pyridine rings is 1. The molecule has 0 radical (unpaired) electrons. The van der Waals surface area contributed by atoms with Gasteiger partial charge in [0.1, 0.15) is 0 Å². The lowest BCUT2D eigenvalue weighted by molar-refractivity contribution is 0.0666. The summed E-state index contributed by atoms with van der Waals surface area (Å²) < 4.78 is 0. The van der Waals surface area contributed by atoms with Crippen molar-refractivity contribution in [3.05, 3.63) is 65.5 Å². The number of aliphatic hydroxyl groups excluding tert-OH is 1. The van der Waals surface area contributed by atoms with Crippen LogP contribution in [0.5, 0.6) is 0 Å². The predicted molar refractivity (Wildman–Crippen MR) is 89.1 cm³/mol. The highest BCUT2D eigenvalue weighted by atomic mass is 16.3. The van der Waals surface area contributed by atoms with Gasteiger partial charge in [-0.15, -0.1) is 0 Å². The molecule has 0 aliphatic carbocycles. The molecule has 0 bridgehead atoms. The maximum absolute atomic E-state index is 12.7. The fraction of sp³-hybridized carbons (Fsp3) is 0.368. The zero-order valence-corrected chi connectivity index (χ0v) is 13.4. The van der Waals surface area contributed by atoms with Crippen LogP contribution >= 0.6 is 0 Å². The third-order valence-corrected chi connectivity index (χ3v) is 4.48. The van der Waals surface area contributed by atoms with Gasteiger partial charge in [0, 0.05) is 24.5 Å². The lowest BCUT2D eigenvalue weighted by Crippen LogP contribution is -2.36. The van der Waals surface area contributed by atoms with Crippen molar-refractivity contribution in [1.29, 1.82) is 0 Å². The summed E-state index contributed by atoms with van der Waals surface area (Å²) in [5.74, 6) is 0.0141. The summed E-state index contributed by atoms with van der Waals surface area (Å²) in [6.45, 7) is 2.65. The Labute approximate surface area is 136 Å². The van der Waals surface area contributed by atoms with Crippen molar-refractivity contribution < 1.29 is 9.90 Å². The van der Waals surface area contributed by atoms with Crippen LogP contribution in [0.3, 0.4) is 0 Å². The van der Waals surface area contributed by atoms with Gasteiger partial charge in [0.05, 0.1) is 11.7 Å². The molecule has 3 rings (SSSR count). The number of hydrogen-bond donors (Lipinski definition) is 1. The summed E-state index contributed by atoms with van der Waals surface area (Å²) >= 11 is 0. The zero-order valence-electron chi connectivity index (χ0n) is 13.4. The molecule has 0 saturated carbocycles. The summed E-state index contributed by atoms with van der Waals surface area (Å²) in [5, 5.41) is 10.4. The molecule has 2 atom stereocenters. The Morgan fingerprint density at radius 3 is 2.78 bits per heavy atom. The van der Waals surface area contributed by atoms with Gasteiger partial charge in [-0.05, 0) is 43.9 Å². The number of hydrogen-bond acceptors (Lipinski definition) is 3. The van der Waals surface area contributed by atoms with E-state index in [9.17, 15) is 9.90 Å². The SMILES string of the molecule is Cc1ccc(C(=O)N2CCC[C@H]2C[C@H](O)c2ccccc2)cn1. The maximum Gasteiger partial charge on any atom is 0.255 e. The highest BCUT2D eigenvalue weighted by molar-refractivity contribution is 5.94. The minimum Gasteiger partial charge on any atom is -0.388 e. The quantitative estimate of drug-likeness (QED) is 0.944. The first-order valence-electron chi connectivity index (χ1n) is 8.12. The standard InChI is InChI=1S/C19H22N2O2/c1-14-9-10-16(13-20-14)19(23)21-11-5-8-17(21)12-18(22)15-6-3-2-4-7-15/h2-4,6-7,9-10,13,17-18,22H,5,8,11-12H2,1H3/t17-,18-/m0/s1. The monoisotopic (exact) mass is 310 g/mol. The molecule has 1 aromatic carbocycles. The van der Waals surface area contributed by atoms with E-state index in [4.69, 9.17) is 0 Å². The van der Waals surface area contributed by atoms with E-state index in [-0.39, 0.29) is 11.9 Å². The average molecular weight is 310 g/mol. The molecule has 2 heterocycles. The molecule has 120 valence electrons. The molecule has 23 heavy (non-hydrogen) atoms. The molecule has 1 aliphatic heterocycles. The first kappa shape index (κ1) is 15.7. The van der Waals surface area contributed by atoms with Crippen LogP contribution in [0.25, 0.3) is 0 Å². The average Bonchev–Trinajstić information content (AvgIpc) is 3.04. The number of aliphatic hydroxyl groups is 1. The van der Waals surface area contributed by atoms with Gasteiger partial charge in [-0.25, -0.2) is 0 Å². The number of rotatable bonds is 4. The normalized spacial score (nSPS) is 18.9. The first-order valence-corrected chi connectivity index (χ1v) is 8.12. The Balaban J connectivity index is 1.70. The maximum atomic E-state index is 12.7. The van der Waals surface area contributed by atoms with Crippen molar-refractivity contribution in [1.82, 2.24) is 9.88 Å². The van der Waals surface area contributed by atoms with Gasteiger partial charge in [-0.2, -0.15) is 0 Å². The molecule has 1 fully saturated rings. The van der Waals surface area contributed by atoms with Crippen LogP contribution in [0.4, 0.5) is 0 Å². The lowest BCUT2D eigenvalue weighted by Gasteiger charge is -2.26. The highest BCUT2D eigenvalue weighted by Gasteiger charge is 2.31. The topological polar surface area (TPSA) is 53.4 Å². The molecule has 1 amide bonds. The first-order chi connectivity index (χ1) is 11.1. The minimum atomic E-state index is -0.536. The molecule has 1 aromatic heterocycles. The van der Waals surface area contributed by atoms with Crippen LogP contribution in [-0.2, 0) is 0 Å². The number of likely N-dealkylation sites (tertiary alicyclic amines) is 1. The Morgan fingerprint density at radius 2 is 2.09 bits per heavy atom. The predicted octanol–water partition coefficient (Wildman–Crippen LogP) is 3.12. The Bertz CT molecular complexity index is 655. The molecule has 1 N–H and O–H groups in total. The fourth-order valence-corrected chi connectivity index (χ4v) is 3.18. The number of aromatic nitrogens is 1. The molecular weight excluding hydrogens is 288 g/mol. The van der Waals surface area contributed by atoms with Crippen molar-refractivity contribution in [2.24, 2.45) is 0 Å². The van der Waals surface area contributed by atoms with Gasteiger partial charge >= 0.3 is 0 Å². The van der Waals surface area contributed by atoms with Crippen molar-refractivity contribution in [2.75, 3.05) is 6.54 Å². The Hall–Kier alpha value is -2.20. The fourth-order valence-electron chi connectivity index (χ4n) is 3.18. The third kappa shape index (κ3) is 3.59. The van der Waals surface area contributed by atoms with E-state index in [1.807, 2.05) is 54.3 Å². The van der Waals surface area contributed by atoms with Crippen LogP contribution in [-0.4, -0.2) is 33.5 Å². The van der Waals surface area contributed by atoms with E-state index in [2.05, 4.69) is 4.98 Å². The van der Waals surface area contributed by atoms with Gasteiger partial charge in [-0.1, -0.05) is 30.3 Å². The molecule has 0 spiro atoms. The second-order valence-corrected chi connectivity index (χ2v) is 6.15. The second kappa shape index (κ2) is 6.92. The van der Waals surface area contributed by atoms with Crippen molar-refractivity contribution in [3.63, 3.8) is 0 Å². The van der Waals surface area contributed by atoms with Gasteiger partial charge in [0.2, 0.25) is 0 Å². The van der Waals surface area contributed by atoms with Crippen LogP contribution in [0.15, 0.2) is 48.7 Å². The van der Waals surface area contributed by atoms with E-state index < -0.39 is 6.10 Å². The number of carbonyl (C=O) groups is 1. The smallest absolute Gasteiger partial charge is 0.255 e. The zero-order chi connectivity index (χ0) is 16.2. The number of benzene rings is 1. The number of aryl methyl sites for hydroxylation is 1. The summed E-state index contributed by atoms with van der Waals surface area (Å²) in [4.78, 5) is 18.8. The molecule has 1 saturated heterocycles. The number of nitrogens with zero attached hydrogens (tertiary/aromatic N) is 2. The van der Waals surface area contributed by atoms with E-state index >= 15 is 0 Å². The van der Waals surface area contributed by atoms with E-state index in [1.165, 1.54) is 0 Å². The molecule has 0 unspecified atom stereocenters. The van der Waals surface area contributed by atoms with Crippen LogP contribution in [0, 0.1) is 6.92 Å². The van der Waals surface area contributed by atoms with Crippen molar-refractivity contribution in [2.45, 2.75) is 38.3 Å². The third-order valence-electron chi connectivity index (χ3n) is 4.48. The van der Waals surface area contributed by atoms with Crippen molar-refractivity contribution in [3.8, 4) is 0 Å². The van der Waals surface area contributed by atoms with Crippen LogP contribution < -0.4 is 0 Å². The molecule has 1 aliphatic rings. The lowest BCUT2D eigenvalue weighted by atomic mass is 10.0. The molecule has 4 heteroatoms. The number of carbonyl (C=O) groups excluding carboxylic acids is 1.